The molecule has 2 rings (SSSR count). The summed E-state index contributed by atoms with van der Waals surface area (Å²) in [5.41, 5.74) is 0. The van der Waals surface area contributed by atoms with Gasteiger partial charge in [0.05, 0.1) is 6.10 Å². The van der Waals surface area contributed by atoms with E-state index in [2.05, 4.69) is 5.32 Å². The molecule has 1 atom stereocenters. The molecule has 2 fully saturated rings. The number of rotatable bonds is 4. The standard InChI is InChI=1S/C10H19NO2S/c12-10(5-11-9-6-14-7-9)8-1-3-13-4-2-8/h8-12H,1-7H2. The minimum atomic E-state index is -0.176. The highest BCUT2D eigenvalue weighted by Crippen LogP contribution is 2.20. The van der Waals surface area contributed by atoms with Crippen molar-refractivity contribution in [3.63, 3.8) is 0 Å². The molecular formula is C10H19NO2S. The Bertz CT molecular complexity index is 170. The van der Waals surface area contributed by atoms with Crippen LogP contribution >= 0.6 is 11.8 Å². The highest BCUT2D eigenvalue weighted by atomic mass is 32.2. The zero-order valence-corrected chi connectivity index (χ0v) is 9.26. The molecule has 0 radical (unpaired) electrons. The molecular weight excluding hydrogens is 198 g/mol. The second kappa shape index (κ2) is 5.35. The van der Waals surface area contributed by atoms with Crippen LogP contribution < -0.4 is 5.32 Å². The number of ether oxygens (including phenoxy) is 1. The number of hydrogen-bond donors (Lipinski definition) is 2. The van der Waals surface area contributed by atoms with Crippen LogP contribution in [0.5, 0.6) is 0 Å². The quantitative estimate of drug-likeness (QED) is 0.719. The van der Waals surface area contributed by atoms with Crippen molar-refractivity contribution >= 4 is 11.8 Å². The van der Waals surface area contributed by atoms with E-state index in [1.165, 1.54) is 11.5 Å². The predicted molar refractivity (Wildman–Crippen MR) is 58.7 cm³/mol. The van der Waals surface area contributed by atoms with Gasteiger partial charge >= 0.3 is 0 Å². The second-order valence-corrected chi connectivity index (χ2v) is 5.23. The van der Waals surface area contributed by atoms with Gasteiger partial charge in [0.2, 0.25) is 0 Å². The first-order valence-corrected chi connectivity index (χ1v) is 6.58. The van der Waals surface area contributed by atoms with E-state index in [1.54, 1.807) is 0 Å². The van der Waals surface area contributed by atoms with E-state index >= 15 is 0 Å². The van der Waals surface area contributed by atoms with Gasteiger partial charge in [0, 0.05) is 37.3 Å². The summed E-state index contributed by atoms with van der Waals surface area (Å²) in [6.07, 6.45) is 1.86. The van der Waals surface area contributed by atoms with Gasteiger partial charge in [-0.2, -0.15) is 11.8 Å². The molecule has 14 heavy (non-hydrogen) atoms. The molecule has 82 valence electrons. The maximum Gasteiger partial charge on any atom is 0.0694 e. The molecule has 4 heteroatoms. The fraction of sp³-hybridized carbons (Fsp3) is 1.00. The van der Waals surface area contributed by atoms with Gasteiger partial charge in [0.15, 0.2) is 0 Å². The van der Waals surface area contributed by atoms with Gasteiger partial charge in [-0.3, -0.25) is 0 Å². The number of aliphatic hydroxyl groups is 1. The normalized spacial score (nSPS) is 27.2. The summed E-state index contributed by atoms with van der Waals surface area (Å²) < 4.78 is 5.27. The number of nitrogens with one attached hydrogen (secondary N) is 1. The molecule has 3 nitrogen and oxygen atoms in total. The van der Waals surface area contributed by atoms with Crippen LogP contribution in [0.4, 0.5) is 0 Å². The topological polar surface area (TPSA) is 41.5 Å². The fourth-order valence-electron chi connectivity index (χ4n) is 1.91. The minimum absolute atomic E-state index is 0.176. The lowest BCUT2D eigenvalue weighted by molar-refractivity contribution is 0.00796. The van der Waals surface area contributed by atoms with Crippen LogP contribution in [-0.2, 0) is 4.74 Å². The molecule has 2 aliphatic rings. The average Bonchev–Trinajstić information content (AvgIpc) is 2.16. The summed E-state index contributed by atoms with van der Waals surface area (Å²) in [6.45, 7) is 2.40. The molecule has 0 bridgehead atoms. The molecule has 2 heterocycles. The zero-order valence-electron chi connectivity index (χ0n) is 8.45. The lowest BCUT2D eigenvalue weighted by Gasteiger charge is -2.31. The average molecular weight is 217 g/mol. The van der Waals surface area contributed by atoms with Gasteiger partial charge in [-0.1, -0.05) is 0 Å². The Labute approximate surface area is 89.6 Å². The van der Waals surface area contributed by atoms with Crippen LogP contribution in [0.3, 0.4) is 0 Å². The molecule has 1 unspecified atom stereocenters. The Morgan fingerprint density at radius 1 is 1.36 bits per heavy atom. The van der Waals surface area contributed by atoms with Gasteiger partial charge in [-0.15, -0.1) is 0 Å². The second-order valence-electron chi connectivity index (χ2n) is 4.16. The smallest absolute Gasteiger partial charge is 0.0694 e. The SMILES string of the molecule is OC(CNC1CSC1)C1CCOCC1. The first kappa shape index (κ1) is 10.7. The predicted octanol–water partition coefficient (Wildman–Crippen LogP) is 0.479. The van der Waals surface area contributed by atoms with E-state index < -0.39 is 0 Å². The van der Waals surface area contributed by atoms with Crippen LogP contribution in [0.15, 0.2) is 0 Å². The molecule has 0 spiro atoms. The van der Waals surface area contributed by atoms with Crippen molar-refractivity contribution in [2.24, 2.45) is 5.92 Å². The van der Waals surface area contributed by atoms with Crippen molar-refractivity contribution in [2.45, 2.75) is 25.0 Å². The third kappa shape index (κ3) is 2.86. The summed E-state index contributed by atoms with van der Waals surface area (Å²) in [7, 11) is 0. The summed E-state index contributed by atoms with van der Waals surface area (Å²) in [4.78, 5) is 0. The molecule has 0 saturated carbocycles. The van der Waals surface area contributed by atoms with E-state index in [1.807, 2.05) is 11.8 Å². The maximum absolute atomic E-state index is 9.92. The van der Waals surface area contributed by atoms with E-state index in [-0.39, 0.29) is 6.10 Å². The molecule has 0 aromatic heterocycles. The molecule has 0 aromatic rings. The van der Waals surface area contributed by atoms with Crippen molar-refractivity contribution in [2.75, 3.05) is 31.3 Å². The monoisotopic (exact) mass is 217 g/mol. The van der Waals surface area contributed by atoms with E-state index in [0.29, 0.717) is 12.0 Å². The van der Waals surface area contributed by atoms with Gasteiger partial charge in [0.1, 0.15) is 0 Å². The summed E-state index contributed by atoms with van der Waals surface area (Å²) in [6, 6.07) is 0.648. The van der Waals surface area contributed by atoms with Gasteiger partial charge < -0.3 is 15.2 Å². The highest BCUT2D eigenvalue weighted by molar-refractivity contribution is 8.00. The van der Waals surface area contributed by atoms with Crippen molar-refractivity contribution in [1.29, 1.82) is 0 Å². The Balaban J connectivity index is 1.62. The molecule has 0 aliphatic carbocycles. The highest BCUT2D eigenvalue weighted by Gasteiger charge is 2.24. The molecule has 2 N–H and O–H groups in total. The Morgan fingerprint density at radius 3 is 2.64 bits per heavy atom. The van der Waals surface area contributed by atoms with E-state index in [0.717, 1.165) is 32.6 Å². The number of hydrogen-bond acceptors (Lipinski definition) is 4. The summed E-state index contributed by atoms with van der Waals surface area (Å²) in [5.74, 6) is 2.87. The molecule has 0 aromatic carbocycles. The van der Waals surface area contributed by atoms with Crippen LogP contribution in [0.2, 0.25) is 0 Å². The van der Waals surface area contributed by atoms with Crippen molar-refractivity contribution in [1.82, 2.24) is 5.32 Å². The van der Waals surface area contributed by atoms with Crippen LogP contribution in [-0.4, -0.2) is 48.5 Å². The number of thioether (sulfide) groups is 1. The zero-order chi connectivity index (χ0) is 9.80. The van der Waals surface area contributed by atoms with Gasteiger partial charge in [0.25, 0.3) is 0 Å². The lowest BCUT2D eigenvalue weighted by atomic mass is 9.94. The first-order chi connectivity index (χ1) is 6.86. The lowest BCUT2D eigenvalue weighted by Crippen LogP contribution is -2.46. The van der Waals surface area contributed by atoms with Gasteiger partial charge in [-0.25, -0.2) is 0 Å². The number of aliphatic hydroxyl groups excluding tert-OH is 1. The molecule has 0 amide bonds. The summed E-state index contributed by atoms with van der Waals surface area (Å²) in [5, 5.41) is 13.3. The van der Waals surface area contributed by atoms with Crippen molar-refractivity contribution in [3.8, 4) is 0 Å². The largest absolute Gasteiger partial charge is 0.392 e. The van der Waals surface area contributed by atoms with Crippen molar-refractivity contribution in [3.05, 3.63) is 0 Å². The van der Waals surface area contributed by atoms with Crippen LogP contribution in [0.25, 0.3) is 0 Å². The molecule has 2 aliphatic heterocycles. The third-order valence-electron chi connectivity index (χ3n) is 3.06. The molecule has 2 saturated heterocycles. The summed E-state index contributed by atoms with van der Waals surface area (Å²) >= 11 is 1.97. The maximum atomic E-state index is 9.92. The van der Waals surface area contributed by atoms with Crippen LogP contribution in [0, 0.1) is 5.92 Å². The fourth-order valence-corrected chi connectivity index (χ4v) is 2.62. The van der Waals surface area contributed by atoms with Gasteiger partial charge in [-0.05, 0) is 18.8 Å². The minimum Gasteiger partial charge on any atom is -0.392 e. The Hall–Kier alpha value is 0.230. The Morgan fingerprint density at radius 2 is 2.07 bits per heavy atom. The van der Waals surface area contributed by atoms with E-state index in [9.17, 15) is 5.11 Å². The van der Waals surface area contributed by atoms with E-state index in [4.69, 9.17) is 4.74 Å². The van der Waals surface area contributed by atoms with Crippen molar-refractivity contribution < 1.29 is 9.84 Å². The Kier molecular flexibility index (Phi) is 4.10. The van der Waals surface area contributed by atoms with Crippen LogP contribution in [0.1, 0.15) is 12.8 Å². The first-order valence-electron chi connectivity index (χ1n) is 5.43. The third-order valence-corrected chi connectivity index (χ3v) is 4.34.